The highest BCUT2D eigenvalue weighted by Crippen LogP contribution is 2.32. The molecular weight excluding hydrogens is 303 g/mol. The molecule has 5 atom stereocenters. The molecule has 1 aliphatic rings. The fraction of sp³-hybridized carbons (Fsp3) is 0.417. The van der Waals surface area contributed by atoms with Crippen LogP contribution in [0.1, 0.15) is 6.23 Å². The van der Waals surface area contributed by atoms with Crippen LogP contribution in [0.2, 0.25) is 0 Å². The van der Waals surface area contributed by atoms with Crippen molar-refractivity contribution in [1.29, 1.82) is 0 Å². The number of aromatic amines is 1. The lowest BCUT2D eigenvalue weighted by molar-refractivity contribution is -0.131. The van der Waals surface area contributed by atoms with Gasteiger partial charge in [0, 0.05) is 18.3 Å². The van der Waals surface area contributed by atoms with E-state index in [1.807, 2.05) is 4.98 Å². The molecule has 1 fully saturated rings. The Labute approximate surface area is 121 Å². The highest BCUT2D eigenvalue weighted by atomic mass is 19.1. The number of alkyl halides is 1. The molecule has 9 nitrogen and oxygen atoms in total. The molecule has 0 aliphatic carbocycles. The standard InChI is InChI=1S/C12H13FN2O7/c13-8-9(20)10(5(16)1-2-7(18)19)22-11(8)15-4-3-6(17)14-12(15)21/h1-5,8-11,16,20H,(H,18,19)(H,14,17,21)/b2-1+/t5?,8-,9+,10-,11-/m0/s1. The van der Waals surface area contributed by atoms with E-state index in [2.05, 4.69) is 0 Å². The normalized spacial score (nSPS) is 29.8. The summed E-state index contributed by atoms with van der Waals surface area (Å²) < 4.78 is 19.9. The fourth-order valence-corrected chi connectivity index (χ4v) is 2.09. The van der Waals surface area contributed by atoms with Gasteiger partial charge < -0.3 is 20.1 Å². The summed E-state index contributed by atoms with van der Waals surface area (Å²) in [5.74, 6) is -1.34. The summed E-state index contributed by atoms with van der Waals surface area (Å²) >= 11 is 0. The van der Waals surface area contributed by atoms with Crippen LogP contribution in [0.3, 0.4) is 0 Å². The van der Waals surface area contributed by atoms with Gasteiger partial charge in [-0.25, -0.2) is 14.0 Å². The maximum Gasteiger partial charge on any atom is 0.330 e. The van der Waals surface area contributed by atoms with Crippen molar-refractivity contribution in [2.75, 3.05) is 0 Å². The van der Waals surface area contributed by atoms with Crippen molar-refractivity contribution in [3.8, 4) is 0 Å². The second-order valence-corrected chi connectivity index (χ2v) is 4.63. The molecule has 120 valence electrons. The van der Waals surface area contributed by atoms with Crippen molar-refractivity contribution in [3.05, 3.63) is 45.3 Å². The van der Waals surface area contributed by atoms with Crippen LogP contribution in [0.15, 0.2) is 34.0 Å². The maximum atomic E-state index is 14.1. The minimum absolute atomic E-state index is 0.619. The fourth-order valence-electron chi connectivity index (χ4n) is 2.09. The van der Waals surface area contributed by atoms with Crippen molar-refractivity contribution in [2.45, 2.75) is 30.7 Å². The molecule has 1 aromatic heterocycles. The van der Waals surface area contributed by atoms with Crippen LogP contribution in [-0.4, -0.2) is 55.3 Å². The minimum Gasteiger partial charge on any atom is -0.478 e. The Balaban J connectivity index is 2.25. The Morgan fingerprint density at radius 2 is 2.18 bits per heavy atom. The number of hydrogen-bond acceptors (Lipinski definition) is 6. The number of aliphatic hydroxyl groups is 2. The Morgan fingerprint density at radius 1 is 1.50 bits per heavy atom. The van der Waals surface area contributed by atoms with Gasteiger partial charge in [-0.1, -0.05) is 0 Å². The number of H-pyrrole nitrogens is 1. The number of ether oxygens (including phenoxy) is 1. The molecule has 0 spiro atoms. The van der Waals surface area contributed by atoms with E-state index in [1.165, 1.54) is 0 Å². The summed E-state index contributed by atoms with van der Waals surface area (Å²) in [6.45, 7) is 0. The summed E-state index contributed by atoms with van der Waals surface area (Å²) in [6.07, 6.45) is -6.01. The first-order valence-corrected chi connectivity index (χ1v) is 6.19. The quantitative estimate of drug-likeness (QED) is 0.477. The lowest BCUT2D eigenvalue weighted by Gasteiger charge is -2.18. The third-order valence-electron chi connectivity index (χ3n) is 3.13. The van der Waals surface area contributed by atoms with Crippen molar-refractivity contribution in [1.82, 2.24) is 9.55 Å². The van der Waals surface area contributed by atoms with Crippen LogP contribution in [0, 0.1) is 0 Å². The number of hydrogen-bond donors (Lipinski definition) is 4. The van der Waals surface area contributed by atoms with Gasteiger partial charge in [-0.05, 0) is 6.08 Å². The van der Waals surface area contributed by atoms with Gasteiger partial charge in [-0.3, -0.25) is 14.3 Å². The van der Waals surface area contributed by atoms with Crippen LogP contribution in [0.25, 0.3) is 0 Å². The average molecular weight is 316 g/mol. The smallest absolute Gasteiger partial charge is 0.330 e. The molecule has 10 heteroatoms. The van der Waals surface area contributed by atoms with E-state index in [1.54, 1.807) is 0 Å². The number of nitrogens with zero attached hydrogens (tertiary/aromatic N) is 1. The molecule has 2 heterocycles. The number of carbonyl (C=O) groups is 1. The zero-order chi connectivity index (χ0) is 16.4. The van der Waals surface area contributed by atoms with Gasteiger partial charge in [-0.15, -0.1) is 0 Å². The third kappa shape index (κ3) is 3.13. The molecule has 1 saturated heterocycles. The minimum atomic E-state index is -2.05. The third-order valence-corrected chi connectivity index (χ3v) is 3.13. The van der Waals surface area contributed by atoms with E-state index < -0.39 is 47.9 Å². The molecule has 1 unspecified atom stereocenters. The summed E-state index contributed by atoms with van der Waals surface area (Å²) in [5.41, 5.74) is -1.63. The number of halogens is 1. The van der Waals surface area contributed by atoms with E-state index in [0.29, 0.717) is 6.08 Å². The number of aliphatic carboxylic acids is 1. The molecule has 0 aromatic carbocycles. The maximum absolute atomic E-state index is 14.1. The Bertz CT molecular complexity index is 697. The Morgan fingerprint density at radius 3 is 2.77 bits per heavy atom. The van der Waals surface area contributed by atoms with Crippen LogP contribution >= 0.6 is 0 Å². The number of carboxylic acid groups (broad SMARTS) is 1. The van der Waals surface area contributed by atoms with E-state index in [4.69, 9.17) is 9.84 Å². The second-order valence-electron chi connectivity index (χ2n) is 4.63. The largest absolute Gasteiger partial charge is 0.478 e. The molecule has 2 rings (SSSR count). The van der Waals surface area contributed by atoms with E-state index >= 15 is 0 Å². The van der Waals surface area contributed by atoms with Gasteiger partial charge in [0.05, 0.1) is 0 Å². The molecule has 4 N–H and O–H groups in total. The summed E-state index contributed by atoms with van der Waals surface area (Å²) in [4.78, 5) is 34.8. The van der Waals surface area contributed by atoms with Gasteiger partial charge in [-0.2, -0.15) is 0 Å². The molecule has 22 heavy (non-hydrogen) atoms. The van der Waals surface area contributed by atoms with Gasteiger partial charge in [0.15, 0.2) is 12.4 Å². The molecule has 0 bridgehead atoms. The molecular formula is C12H13FN2O7. The lowest BCUT2D eigenvalue weighted by atomic mass is 10.1. The highest BCUT2D eigenvalue weighted by Gasteiger charge is 2.47. The van der Waals surface area contributed by atoms with E-state index in [9.17, 15) is 29.0 Å². The summed E-state index contributed by atoms with van der Waals surface area (Å²) in [6, 6.07) is 0.970. The second kappa shape index (κ2) is 6.22. The zero-order valence-corrected chi connectivity index (χ0v) is 11.0. The number of rotatable bonds is 4. The van der Waals surface area contributed by atoms with Crippen LogP contribution < -0.4 is 11.2 Å². The molecule has 0 radical (unpaired) electrons. The predicted octanol–water partition coefficient (Wildman–Crippen LogP) is -1.87. The average Bonchev–Trinajstić information content (AvgIpc) is 2.73. The predicted molar refractivity (Wildman–Crippen MR) is 68.9 cm³/mol. The van der Waals surface area contributed by atoms with Crippen molar-refractivity contribution in [3.63, 3.8) is 0 Å². The monoisotopic (exact) mass is 316 g/mol. The van der Waals surface area contributed by atoms with Crippen molar-refractivity contribution < 1.29 is 29.2 Å². The van der Waals surface area contributed by atoms with Crippen LogP contribution in [0.4, 0.5) is 4.39 Å². The van der Waals surface area contributed by atoms with Crippen LogP contribution in [0.5, 0.6) is 0 Å². The SMILES string of the molecule is O=C(O)/C=C/C(O)[C@@H]1O[C@H](n2ccc(=O)[nH]c2=O)[C@@H](F)[C@H]1O. The Hall–Kier alpha value is -2.30. The number of aliphatic hydroxyl groups excluding tert-OH is 2. The first-order chi connectivity index (χ1) is 10.3. The van der Waals surface area contributed by atoms with Gasteiger partial charge in [0.1, 0.15) is 18.3 Å². The van der Waals surface area contributed by atoms with Crippen molar-refractivity contribution in [2.24, 2.45) is 0 Å². The molecule has 0 amide bonds. The highest BCUT2D eigenvalue weighted by molar-refractivity contribution is 5.79. The molecule has 1 aromatic rings. The first-order valence-electron chi connectivity index (χ1n) is 6.19. The van der Waals surface area contributed by atoms with E-state index in [0.717, 1.165) is 22.9 Å². The molecule has 1 aliphatic heterocycles. The summed E-state index contributed by atoms with van der Waals surface area (Å²) in [5, 5.41) is 27.9. The molecule has 0 saturated carbocycles. The van der Waals surface area contributed by atoms with Crippen molar-refractivity contribution >= 4 is 5.97 Å². The van der Waals surface area contributed by atoms with Crippen LogP contribution in [-0.2, 0) is 9.53 Å². The number of nitrogens with one attached hydrogen (secondary N) is 1. The topological polar surface area (TPSA) is 142 Å². The van der Waals surface area contributed by atoms with Gasteiger partial charge >= 0.3 is 11.7 Å². The lowest BCUT2D eigenvalue weighted by Crippen LogP contribution is -2.37. The van der Waals surface area contributed by atoms with E-state index in [-0.39, 0.29) is 0 Å². The first kappa shape index (κ1) is 16.1. The van der Waals surface area contributed by atoms with Gasteiger partial charge in [0.2, 0.25) is 0 Å². The summed E-state index contributed by atoms with van der Waals surface area (Å²) in [7, 11) is 0. The Kier molecular flexibility index (Phi) is 4.54. The van der Waals surface area contributed by atoms with Gasteiger partial charge in [0.25, 0.3) is 5.56 Å². The number of aromatic nitrogens is 2. The zero-order valence-electron chi connectivity index (χ0n) is 11.0. The number of carboxylic acids is 1.